The summed E-state index contributed by atoms with van der Waals surface area (Å²) in [6.45, 7) is 3.27. The molecule has 2 aromatic carbocycles. The number of nitrogens with one attached hydrogen (secondary N) is 1. The van der Waals surface area contributed by atoms with Crippen LogP contribution in [-0.2, 0) is 9.53 Å². The number of hydrogen-bond donors (Lipinski definition) is 1. The van der Waals surface area contributed by atoms with Gasteiger partial charge in [0.05, 0.1) is 20.3 Å². The van der Waals surface area contributed by atoms with Gasteiger partial charge in [0.25, 0.3) is 5.22 Å². The summed E-state index contributed by atoms with van der Waals surface area (Å²) in [6, 6.07) is 15.3. The molecule has 1 amide bonds. The molecular formula is C22H24N4O4S. The van der Waals surface area contributed by atoms with Gasteiger partial charge >= 0.3 is 0 Å². The van der Waals surface area contributed by atoms with Crippen molar-refractivity contribution in [2.24, 2.45) is 0 Å². The fraction of sp³-hybridized carbons (Fsp3) is 0.318. The van der Waals surface area contributed by atoms with Gasteiger partial charge < -0.3 is 24.1 Å². The summed E-state index contributed by atoms with van der Waals surface area (Å²) in [5.74, 6) is 1.69. The van der Waals surface area contributed by atoms with Crippen LogP contribution in [0.5, 0.6) is 5.75 Å². The molecule has 0 aliphatic carbocycles. The Bertz CT molecular complexity index is 986. The average Bonchev–Trinajstić information content (AvgIpc) is 3.29. The predicted octanol–water partition coefficient (Wildman–Crippen LogP) is 3.70. The van der Waals surface area contributed by atoms with Gasteiger partial charge in [-0.1, -0.05) is 11.8 Å². The second-order valence-corrected chi connectivity index (χ2v) is 7.94. The van der Waals surface area contributed by atoms with Gasteiger partial charge in [0.2, 0.25) is 11.8 Å². The molecular weight excluding hydrogens is 416 g/mol. The lowest BCUT2D eigenvalue weighted by Gasteiger charge is -2.28. The molecule has 0 unspecified atom stereocenters. The second-order valence-electron chi connectivity index (χ2n) is 6.89. The molecule has 0 saturated carbocycles. The van der Waals surface area contributed by atoms with Crippen LogP contribution in [0.1, 0.15) is 6.42 Å². The van der Waals surface area contributed by atoms with Crippen molar-refractivity contribution in [3.63, 3.8) is 0 Å². The summed E-state index contributed by atoms with van der Waals surface area (Å²) in [7, 11) is 1.62. The van der Waals surface area contributed by atoms with Crippen LogP contribution in [0.2, 0.25) is 0 Å². The number of ether oxygens (including phenoxy) is 2. The number of amides is 1. The molecule has 162 valence electrons. The number of thioether (sulfide) groups is 1. The van der Waals surface area contributed by atoms with Gasteiger partial charge in [-0.15, -0.1) is 10.2 Å². The first-order chi connectivity index (χ1) is 15.2. The first kappa shape index (κ1) is 21.2. The number of benzene rings is 2. The fourth-order valence-electron chi connectivity index (χ4n) is 3.15. The molecule has 1 saturated heterocycles. The van der Waals surface area contributed by atoms with Crippen LogP contribution in [0.3, 0.4) is 0 Å². The fourth-order valence-corrected chi connectivity index (χ4v) is 3.85. The minimum atomic E-state index is -0.0542. The Labute approximate surface area is 184 Å². The predicted molar refractivity (Wildman–Crippen MR) is 120 cm³/mol. The normalized spacial score (nSPS) is 13.8. The van der Waals surface area contributed by atoms with E-state index < -0.39 is 0 Å². The maximum absolute atomic E-state index is 12.2. The molecule has 2 heterocycles. The Kier molecular flexibility index (Phi) is 7.06. The molecule has 0 radical (unpaired) electrons. The Morgan fingerprint density at radius 3 is 2.55 bits per heavy atom. The quantitative estimate of drug-likeness (QED) is 0.531. The lowest BCUT2D eigenvalue weighted by Crippen LogP contribution is -2.36. The van der Waals surface area contributed by atoms with Crippen molar-refractivity contribution >= 4 is 29.0 Å². The molecule has 4 rings (SSSR count). The van der Waals surface area contributed by atoms with Crippen LogP contribution in [0.15, 0.2) is 58.2 Å². The van der Waals surface area contributed by atoms with Crippen molar-refractivity contribution in [3.05, 3.63) is 48.5 Å². The van der Waals surface area contributed by atoms with Crippen molar-refractivity contribution in [2.75, 3.05) is 49.4 Å². The van der Waals surface area contributed by atoms with Gasteiger partial charge in [-0.2, -0.15) is 0 Å². The number of carbonyl (C=O) groups is 1. The first-order valence-electron chi connectivity index (χ1n) is 10.0. The molecule has 3 aromatic rings. The van der Waals surface area contributed by atoms with Gasteiger partial charge in [0, 0.05) is 42.2 Å². The van der Waals surface area contributed by atoms with Crippen molar-refractivity contribution < 1.29 is 18.7 Å². The number of carbonyl (C=O) groups excluding carboxylic acids is 1. The van der Waals surface area contributed by atoms with Gasteiger partial charge in [-0.05, 0) is 48.5 Å². The summed E-state index contributed by atoms with van der Waals surface area (Å²) in [5.41, 5.74) is 2.74. The molecule has 0 bridgehead atoms. The number of morpholine rings is 1. The van der Waals surface area contributed by atoms with Crippen molar-refractivity contribution in [3.8, 4) is 17.2 Å². The van der Waals surface area contributed by atoms with Crippen LogP contribution in [0.25, 0.3) is 11.5 Å². The van der Waals surface area contributed by atoms with E-state index in [4.69, 9.17) is 13.9 Å². The van der Waals surface area contributed by atoms with E-state index >= 15 is 0 Å². The summed E-state index contributed by atoms with van der Waals surface area (Å²) in [4.78, 5) is 14.5. The minimum absolute atomic E-state index is 0.0542. The molecule has 1 aliphatic heterocycles. The lowest BCUT2D eigenvalue weighted by molar-refractivity contribution is -0.115. The topological polar surface area (TPSA) is 89.7 Å². The van der Waals surface area contributed by atoms with E-state index in [1.807, 2.05) is 48.5 Å². The molecule has 1 aliphatic rings. The van der Waals surface area contributed by atoms with E-state index in [1.54, 1.807) is 7.11 Å². The highest BCUT2D eigenvalue weighted by atomic mass is 32.2. The van der Waals surface area contributed by atoms with Gasteiger partial charge in [-0.3, -0.25) is 4.79 Å². The third-order valence-electron chi connectivity index (χ3n) is 4.83. The van der Waals surface area contributed by atoms with E-state index in [1.165, 1.54) is 11.8 Å². The zero-order valence-electron chi connectivity index (χ0n) is 17.2. The smallest absolute Gasteiger partial charge is 0.276 e. The molecule has 0 atom stereocenters. The summed E-state index contributed by atoms with van der Waals surface area (Å²) >= 11 is 1.36. The van der Waals surface area contributed by atoms with Crippen molar-refractivity contribution in [1.29, 1.82) is 0 Å². The SMILES string of the molecule is COc1ccc(-c2nnc(SCCC(=O)Nc3ccc(N4CCOCC4)cc3)o2)cc1. The van der Waals surface area contributed by atoms with Crippen LogP contribution in [0.4, 0.5) is 11.4 Å². The van der Waals surface area contributed by atoms with E-state index in [9.17, 15) is 4.79 Å². The molecule has 1 fully saturated rings. The number of rotatable bonds is 8. The van der Waals surface area contributed by atoms with Crippen LogP contribution >= 0.6 is 11.8 Å². The highest BCUT2D eigenvalue weighted by Gasteiger charge is 2.12. The number of nitrogens with zero attached hydrogens (tertiary/aromatic N) is 3. The van der Waals surface area contributed by atoms with Crippen LogP contribution < -0.4 is 15.0 Å². The maximum Gasteiger partial charge on any atom is 0.276 e. The van der Waals surface area contributed by atoms with E-state index in [-0.39, 0.29) is 5.91 Å². The largest absolute Gasteiger partial charge is 0.497 e. The minimum Gasteiger partial charge on any atom is -0.497 e. The third-order valence-corrected chi connectivity index (χ3v) is 5.65. The lowest BCUT2D eigenvalue weighted by atomic mass is 10.2. The molecule has 1 N–H and O–H groups in total. The Balaban J connectivity index is 1.22. The van der Waals surface area contributed by atoms with Gasteiger partial charge in [0.15, 0.2) is 0 Å². The number of anilines is 2. The maximum atomic E-state index is 12.2. The highest BCUT2D eigenvalue weighted by molar-refractivity contribution is 7.99. The Hall–Kier alpha value is -3.04. The molecule has 1 aromatic heterocycles. The van der Waals surface area contributed by atoms with Crippen LogP contribution in [-0.4, -0.2) is 55.3 Å². The summed E-state index contributed by atoms with van der Waals surface area (Å²) < 4.78 is 16.2. The van der Waals surface area contributed by atoms with Gasteiger partial charge in [-0.25, -0.2) is 0 Å². The van der Waals surface area contributed by atoms with Crippen LogP contribution in [0, 0.1) is 0 Å². The molecule has 8 nitrogen and oxygen atoms in total. The van der Waals surface area contributed by atoms with E-state index in [0.717, 1.165) is 49.0 Å². The van der Waals surface area contributed by atoms with Crippen molar-refractivity contribution in [1.82, 2.24) is 10.2 Å². The van der Waals surface area contributed by atoms with E-state index in [2.05, 4.69) is 20.4 Å². The highest BCUT2D eigenvalue weighted by Crippen LogP contribution is 2.25. The number of hydrogen-bond acceptors (Lipinski definition) is 8. The monoisotopic (exact) mass is 440 g/mol. The molecule has 31 heavy (non-hydrogen) atoms. The number of methoxy groups -OCH3 is 1. The molecule has 0 spiro atoms. The first-order valence-corrected chi connectivity index (χ1v) is 11.0. The zero-order valence-corrected chi connectivity index (χ0v) is 18.1. The third kappa shape index (κ3) is 5.77. The van der Waals surface area contributed by atoms with Gasteiger partial charge in [0.1, 0.15) is 5.75 Å². The Morgan fingerprint density at radius 1 is 1.10 bits per heavy atom. The van der Waals surface area contributed by atoms with Crippen molar-refractivity contribution in [2.45, 2.75) is 11.6 Å². The standard InChI is InChI=1S/C22H24N4O4S/c1-28-19-8-2-16(3-9-19)21-24-25-22(30-21)31-15-10-20(27)23-17-4-6-18(7-5-17)26-11-13-29-14-12-26/h2-9H,10-15H2,1H3,(H,23,27). The second kappa shape index (κ2) is 10.3. The summed E-state index contributed by atoms with van der Waals surface area (Å²) in [5, 5.41) is 11.5. The Morgan fingerprint density at radius 2 is 1.84 bits per heavy atom. The molecule has 9 heteroatoms. The zero-order chi connectivity index (χ0) is 21.5. The average molecular weight is 441 g/mol. The summed E-state index contributed by atoms with van der Waals surface area (Å²) in [6.07, 6.45) is 0.343. The van der Waals surface area contributed by atoms with E-state index in [0.29, 0.717) is 23.3 Å². The number of aromatic nitrogens is 2.